The fourth-order valence-electron chi connectivity index (χ4n) is 3.43. The molecule has 5 rings (SSSR count). The van der Waals surface area contributed by atoms with Crippen LogP contribution in [0.15, 0.2) is 35.2 Å². The predicted molar refractivity (Wildman–Crippen MR) is 117 cm³/mol. The molecule has 0 amide bonds. The van der Waals surface area contributed by atoms with Gasteiger partial charge in [0, 0.05) is 38.5 Å². The maximum absolute atomic E-state index is 13.9. The number of halogens is 2. The molecule has 3 heterocycles. The van der Waals surface area contributed by atoms with Crippen LogP contribution >= 0.6 is 22.7 Å². The molecule has 156 valence electrons. The Morgan fingerprint density at radius 1 is 0.900 bits per heavy atom. The summed E-state index contributed by atoms with van der Waals surface area (Å²) in [5.74, 6) is -1.25. The van der Waals surface area contributed by atoms with E-state index in [-0.39, 0.29) is 10.4 Å². The fourth-order valence-corrected chi connectivity index (χ4v) is 6.26. The topological polar surface area (TPSA) is 66.4 Å². The molecule has 0 aliphatic carbocycles. The number of fused-ring (bicyclic) bond motifs is 2. The summed E-state index contributed by atoms with van der Waals surface area (Å²) in [5.41, 5.74) is 0.972. The summed E-state index contributed by atoms with van der Waals surface area (Å²) in [6.45, 7) is 2.75. The molecule has 0 saturated carbocycles. The van der Waals surface area contributed by atoms with Crippen molar-refractivity contribution >= 4 is 63.2 Å². The van der Waals surface area contributed by atoms with Crippen molar-refractivity contribution < 1.29 is 17.2 Å². The molecule has 11 heteroatoms. The van der Waals surface area contributed by atoms with Crippen molar-refractivity contribution in [1.82, 2.24) is 9.97 Å². The first-order valence-electron chi connectivity index (χ1n) is 9.14. The van der Waals surface area contributed by atoms with E-state index in [1.807, 2.05) is 0 Å². The van der Waals surface area contributed by atoms with Gasteiger partial charge >= 0.3 is 0 Å². The zero-order valence-corrected chi connectivity index (χ0v) is 18.3. The van der Waals surface area contributed by atoms with Crippen LogP contribution in [0, 0.1) is 11.6 Å². The molecule has 0 unspecified atom stereocenters. The summed E-state index contributed by atoms with van der Waals surface area (Å²) < 4.78 is 52.3. The highest BCUT2D eigenvalue weighted by atomic mass is 32.2. The monoisotopic (exact) mass is 466 g/mol. The van der Waals surface area contributed by atoms with E-state index in [9.17, 15) is 17.2 Å². The van der Waals surface area contributed by atoms with Crippen LogP contribution in [-0.4, -0.2) is 50.8 Å². The summed E-state index contributed by atoms with van der Waals surface area (Å²) in [7, 11) is -3.26. The first-order valence-corrected chi connectivity index (χ1v) is 12.7. The van der Waals surface area contributed by atoms with Crippen LogP contribution in [0.5, 0.6) is 0 Å². The van der Waals surface area contributed by atoms with Crippen molar-refractivity contribution in [3.05, 3.63) is 42.0 Å². The Morgan fingerprint density at radius 3 is 2.20 bits per heavy atom. The van der Waals surface area contributed by atoms with Crippen LogP contribution in [0.3, 0.4) is 0 Å². The highest BCUT2D eigenvalue weighted by molar-refractivity contribution is 7.90. The molecule has 6 nitrogen and oxygen atoms in total. The molecule has 1 saturated heterocycles. The first kappa shape index (κ1) is 19.6. The lowest BCUT2D eigenvalue weighted by molar-refractivity contribution is 0.590. The summed E-state index contributed by atoms with van der Waals surface area (Å²) in [4.78, 5) is 13.5. The second kappa shape index (κ2) is 7.10. The van der Waals surface area contributed by atoms with Gasteiger partial charge in [-0.1, -0.05) is 22.7 Å². The van der Waals surface area contributed by atoms with Crippen LogP contribution in [0.2, 0.25) is 0 Å². The SMILES string of the molecule is CS(=O)(=O)c1ccc2nc(N3CCN(c4nc5c(F)cc(F)cc5s4)CC3)sc2c1. The molecule has 0 spiro atoms. The molecule has 2 aromatic carbocycles. The number of sulfone groups is 1. The lowest BCUT2D eigenvalue weighted by Crippen LogP contribution is -2.46. The van der Waals surface area contributed by atoms with Crippen LogP contribution < -0.4 is 9.80 Å². The van der Waals surface area contributed by atoms with E-state index in [0.29, 0.717) is 36.0 Å². The molecule has 1 fully saturated rings. The highest BCUT2D eigenvalue weighted by Crippen LogP contribution is 2.34. The zero-order chi connectivity index (χ0) is 21.0. The van der Waals surface area contributed by atoms with Gasteiger partial charge in [0.05, 0.1) is 19.8 Å². The molecule has 1 aliphatic rings. The fraction of sp³-hybridized carbons (Fsp3) is 0.263. The third-order valence-corrected chi connectivity index (χ3v) is 8.25. The van der Waals surface area contributed by atoms with Crippen molar-refractivity contribution in [3.63, 3.8) is 0 Å². The number of anilines is 2. The van der Waals surface area contributed by atoms with Crippen molar-refractivity contribution in [2.45, 2.75) is 4.90 Å². The number of hydrogen-bond acceptors (Lipinski definition) is 8. The van der Waals surface area contributed by atoms with Gasteiger partial charge in [-0.3, -0.25) is 0 Å². The lowest BCUT2D eigenvalue weighted by atomic mass is 10.3. The van der Waals surface area contributed by atoms with Crippen molar-refractivity contribution in [2.75, 3.05) is 42.2 Å². The van der Waals surface area contributed by atoms with Gasteiger partial charge in [0.2, 0.25) is 0 Å². The minimum absolute atomic E-state index is 0.201. The lowest BCUT2D eigenvalue weighted by Gasteiger charge is -2.34. The third-order valence-electron chi connectivity index (χ3n) is 5.00. The summed E-state index contributed by atoms with van der Waals surface area (Å²) in [6.07, 6.45) is 1.19. The van der Waals surface area contributed by atoms with Crippen molar-refractivity contribution in [1.29, 1.82) is 0 Å². The normalized spacial score (nSPS) is 15.4. The number of nitrogens with zero attached hydrogens (tertiary/aromatic N) is 4. The average molecular weight is 467 g/mol. The van der Waals surface area contributed by atoms with E-state index in [0.717, 1.165) is 21.4 Å². The minimum atomic E-state index is -3.26. The maximum Gasteiger partial charge on any atom is 0.186 e. The van der Waals surface area contributed by atoms with E-state index in [1.165, 1.54) is 35.0 Å². The van der Waals surface area contributed by atoms with E-state index in [2.05, 4.69) is 19.8 Å². The van der Waals surface area contributed by atoms with E-state index in [4.69, 9.17) is 0 Å². The average Bonchev–Trinajstić information content (AvgIpc) is 3.31. The van der Waals surface area contributed by atoms with Gasteiger partial charge < -0.3 is 9.80 Å². The van der Waals surface area contributed by atoms with Crippen LogP contribution in [0.25, 0.3) is 20.4 Å². The molecule has 4 aromatic rings. The Hall–Kier alpha value is -2.37. The molecule has 0 bridgehead atoms. The Kier molecular flexibility index (Phi) is 4.64. The van der Waals surface area contributed by atoms with Gasteiger partial charge in [0.1, 0.15) is 11.3 Å². The second-order valence-electron chi connectivity index (χ2n) is 7.10. The van der Waals surface area contributed by atoms with Crippen molar-refractivity contribution in [2.24, 2.45) is 0 Å². The van der Waals surface area contributed by atoms with Gasteiger partial charge in [-0.15, -0.1) is 0 Å². The Balaban J connectivity index is 1.35. The second-order valence-corrected chi connectivity index (χ2v) is 11.1. The van der Waals surface area contributed by atoms with Gasteiger partial charge in [0.25, 0.3) is 0 Å². The largest absolute Gasteiger partial charge is 0.345 e. The molecule has 1 aliphatic heterocycles. The number of thiazole rings is 2. The van der Waals surface area contributed by atoms with Gasteiger partial charge in [0.15, 0.2) is 25.9 Å². The summed E-state index contributed by atoms with van der Waals surface area (Å²) in [6, 6.07) is 7.13. The molecule has 0 atom stereocenters. The minimum Gasteiger partial charge on any atom is -0.345 e. The van der Waals surface area contributed by atoms with Crippen LogP contribution in [0.4, 0.5) is 19.0 Å². The van der Waals surface area contributed by atoms with E-state index < -0.39 is 21.5 Å². The smallest absolute Gasteiger partial charge is 0.186 e. The van der Waals surface area contributed by atoms with Crippen LogP contribution in [-0.2, 0) is 9.84 Å². The molecule has 0 radical (unpaired) electrons. The predicted octanol–water partition coefficient (Wildman–Crippen LogP) is 3.91. The highest BCUT2D eigenvalue weighted by Gasteiger charge is 2.23. The van der Waals surface area contributed by atoms with Gasteiger partial charge in [-0.2, -0.15) is 0 Å². The van der Waals surface area contributed by atoms with E-state index in [1.54, 1.807) is 18.2 Å². The zero-order valence-electron chi connectivity index (χ0n) is 15.8. The number of hydrogen-bond donors (Lipinski definition) is 0. The molecular formula is C19H16F2N4O2S3. The van der Waals surface area contributed by atoms with Crippen LogP contribution in [0.1, 0.15) is 0 Å². The molecule has 2 aromatic heterocycles. The Bertz CT molecular complexity index is 1380. The molecular weight excluding hydrogens is 450 g/mol. The standard InChI is InChI=1S/C19H16F2N4O2S3/c1-30(26,27)12-2-3-14-15(10-12)28-18(22-14)24-4-6-25(7-5-24)19-23-17-13(21)8-11(20)9-16(17)29-19/h2-3,8-10H,4-7H2,1H3. The first-order chi connectivity index (χ1) is 14.3. The Labute approximate surface area is 179 Å². The number of rotatable bonds is 3. The summed E-state index contributed by atoms with van der Waals surface area (Å²) in [5, 5.41) is 1.52. The van der Waals surface area contributed by atoms with Crippen molar-refractivity contribution in [3.8, 4) is 0 Å². The number of benzene rings is 2. The maximum atomic E-state index is 13.9. The Morgan fingerprint density at radius 2 is 1.53 bits per heavy atom. The molecule has 30 heavy (non-hydrogen) atoms. The van der Waals surface area contributed by atoms with Gasteiger partial charge in [-0.25, -0.2) is 27.2 Å². The summed E-state index contributed by atoms with van der Waals surface area (Å²) >= 11 is 2.75. The van der Waals surface area contributed by atoms with E-state index >= 15 is 0 Å². The van der Waals surface area contributed by atoms with Gasteiger partial charge in [-0.05, 0) is 24.3 Å². The quantitative estimate of drug-likeness (QED) is 0.456. The molecule has 0 N–H and O–H groups in total. The number of piperazine rings is 1. The number of aromatic nitrogens is 2. The third kappa shape index (κ3) is 3.50.